The second-order valence-corrected chi connectivity index (χ2v) is 16.1. The number of benzene rings is 1. The quantitative estimate of drug-likeness (QED) is 0.109. The number of carbonyl (C=O) groups excluding carboxylic acids is 3. The van der Waals surface area contributed by atoms with E-state index in [0.29, 0.717) is 16.9 Å². The highest BCUT2D eigenvalue weighted by molar-refractivity contribution is 7.52. The van der Waals surface area contributed by atoms with Gasteiger partial charge in [-0.25, -0.2) is 9.08 Å². The van der Waals surface area contributed by atoms with Gasteiger partial charge in [0.1, 0.15) is 30.6 Å². The lowest BCUT2D eigenvalue weighted by Crippen LogP contribution is -2.50. The van der Waals surface area contributed by atoms with Crippen LogP contribution in [-0.4, -0.2) is 70.6 Å². The number of nitrogens with two attached hydrogens (primary N) is 2. The van der Waals surface area contributed by atoms with Crippen LogP contribution in [0.25, 0.3) is 5.52 Å². The van der Waals surface area contributed by atoms with Crippen LogP contribution in [0.5, 0.6) is 5.75 Å². The van der Waals surface area contributed by atoms with Crippen LogP contribution in [0.1, 0.15) is 72.1 Å². The standard InChI is InChI=1S/C37H49N6O10P/c1-22(2)34(44)50-32-31(30-16-15-29-28(40)17-18-41-43(29)30)52-37(20-38,33(32)51-35(45)23(3)4)21-49-54(47,53-27-9-7-6-8-10-27)42-24(5)36(46)48-19-25-11-13-26(39)14-12-25/h6-10,15-18,22-26,31-33H,11-14,19,21,39-40H2,1-5H3,(H,42,47)/t24-,25-,26-,31-,32-,33-,37+,54+/m0/s1. The molecule has 0 unspecified atom stereocenters. The van der Waals surface area contributed by atoms with E-state index in [0.717, 1.165) is 25.7 Å². The summed E-state index contributed by atoms with van der Waals surface area (Å²) in [5.41, 5.74) is 11.2. The molecule has 5 rings (SSSR count). The van der Waals surface area contributed by atoms with Crippen molar-refractivity contribution in [2.45, 2.75) is 96.3 Å². The minimum Gasteiger partial charge on any atom is -0.464 e. The Hall–Kier alpha value is -4.52. The van der Waals surface area contributed by atoms with Crippen molar-refractivity contribution in [3.63, 3.8) is 0 Å². The van der Waals surface area contributed by atoms with E-state index in [-0.39, 0.29) is 24.3 Å². The van der Waals surface area contributed by atoms with E-state index < -0.39 is 74.1 Å². The number of nitriles is 1. The Balaban J connectivity index is 1.48. The number of aromatic nitrogens is 2. The molecule has 0 amide bonds. The second-order valence-electron chi connectivity index (χ2n) is 14.4. The van der Waals surface area contributed by atoms with E-state index in [1.54, 1.807) is 64.1 Å². The number of para-hydroxylation sites is 1. The Labute approximate surface area is 314 Å². The van der Waals surface area contributed by atoms with Gasteiger partial charge in [-0.1, -0.05) is 45.9 Å². The maximum absolute atomic E-state index is 14.6. The van der Waals surface area contributed by atoms with Gasteiger partial charge in [-0.3, -0.25) is 18.9 Å². The fourth-order valence-electron chi connectivity index (χ4n) is 6.20. The van der Waals surface area contributed by atoms with Crippen molar-refractivity contribution in [3.8, 4) is 11.8 Å². The number of nitrogens with zero attached hydrogens (tertiary/aromatic N) is 3. The second kappa shape index (κ2) is 17.3. The molecule has 16 nitrogen and oxygen atoms in total. The van der Waals surface area contributed by atoms with Gasteiger partial charge in [0.15, 0.2) is 12.2 Å². The van der Waals surface area contributed by atoms with Gasteiger partial charge in [0.25, 0.3) is 0 Å². The van der Waals surface area contributed by atoms with Gasteiger partial charge in [-0.2, -0.15) is 15.4 Å². The number of fused-ring (bicyclic) bond motifs is 1. The fraction of sp³-hybridized carbons (Fsp3) is 0.541. The smallest absolute Gasteiger partial charge is 0.459 e. The van der Waals surface area contributed by atoms with Crippen molar-refractivity contribution in [2.24, 2.45) is 23.5 Å². The largest absolute Gasteiger partial charge is 0.464 e. The highest BCUT2D eigenvalue weighted by Crippen LogP contribution is 2.50. The SMILES string of the molecule is CC(C)C(=O)O[C@H]1[C@H](c2ccc3c(N)ccnn23)O[C@](C#N)(CO[P@](=O)(N[C@@H](C)C(=O)OC[C@H]2CC[C@H](N)CC2)Oc2ccccc2)[C@H]1OC(=O)C(C)C. The van der Waals surface area contributed by atoms with Crippen LogP contribution in [0.2, 0.25) is 0 Å². The van der Waals surface area contributed by atoms with Crippen LogP contribution in [0.15, 0.2) is 54.7 Å². The van der Waals surface area contributed by atoms with Crippen molar-refractivity contribution in [3.05, 3.63) is 60.4 Å². The normalized spacial score (nSPS) is 25.8. The Morgan fingerprint density at radius 3 is 2.31 bits per heavy atom. The number of esters is 3. The fourth-order valence-corrected chi connectivity index (χ4v) is 7.72. The van der Waals surface area contributed by atoms with Crippen LogP contribution in [0, 0.1) is 29.1 Å². The minimum atomic E-state index is -4.57. The Morgan fingerprint density at radius 2 is 1.67 bits per heavy atom. The number of hydrogen-bond acceptors (Lipinski definition) is 14. The number of nitrogen functional groups attached to an aromatic ring is 1. The summed E-state index contributed by atoms with van der Waals surface area (Å²) in [6.45, 7) is 7.21. The average Bonchev–Trinajstić information content (AvgIpc) is 3.70. The zero-order valence-corrected chi connectivity index (χ0v) is 32.0. The molecule has 0 spiro atoms. The van der Waals surface area contributed by atoms with Crippen molar-refractivity contribution in [1.82, 2.24) is 14.7 Å². The summed E-state index contributed by atoms with van der Waals surface area (Å²) in [7, 11) is -4.57. The zero-order chi connectivity index (χ0) is 39.2. The maximum Gasteiger partial charge on any atom is 0.459 e. The number of ether oxygens (including phenoxy) is 4. The van der Waals surface area contributed by atoms with E-state index in [4.69, 9.17) is 39.5 Å². The molecule has 5 N–H and O–H groups in total. The van der Waals surface area contributed by atoms with Gasteiger partial charge < -0.3 is 34.9 Å². The molecule has 292 valence electrons. The molecule has 54 heavy (non-hydrogen) atoms. The first kappa shape index (κ1) is 40.7. The van der Waals surface area contributed by atoms with Crippen molar-refractivity contribution >= 4 is 36.9 Å². The van der Waals surface area contributed by atoms with Crippen molar-refractivity contribution in [1.29, 1.82) is 5.26 Å². The molecule has 1 aromatic carbocycles. The third-order valence-electron chi connectivity index (χ3n) is 9.41. The lowest BCUT2D eigenvalue weighted by atomic mass is 9.87. The number of anilines is 1. The average molecular weight is 769 g/mol. The zero-order valence-electron chi connectivity index (χ0n) is 31.1. The predicted octanol–water partition coefficient (Wildman–Crippen LogP) is 4.63. The summed E-state index contributed by atoms with van der Waals surface area (Å²) < 4.78 is 51.7. The number of hydrogen-bond donors (Lipinski definition) is 3. The monoisotopic (exact) mass is 768 g/mol. The molecule has 1 aliphatic carbocycles. The lowest BCUT2D eigenvalue weighted by Gasteiger charge is -2.31. The summed E-state index contributed by atoms with van der Waals surface area (Å²) in [6.07, 6.45) is 0.518. The van der Waals surface area contributed by atoms with Crippen LogP contribution < -0.4 is 21.1 Å². The first-order valence-electron chi connectivity index (χ1n) is 18.1. The molecule has 1 aliphatic heterocycles. The molecule has 2 aliphatic rings. The van der Waals surface area contributed by atoms with Gasteiger partial charge in [-0.05, 0) is 68.9 Å². The number of rotatable bonds is 15. The molecule has 2 aromatic heterocycles. The van der Waals surface area contributed by atoms with Crippen LogP contribution in [0.4, 0.5) is 5.69 Å². The third-order valence-corrected chi connectivity index (χ3v) is 11.0. The minimum absolute atomic E-state index is 0.124. The van der Waals surface area contributed by atoms with E-state index in [1.165, 1.54) is 29.8 Å². The van der Waals surface area contributed by atoms with Crippen LogP contribution >= 0.6 is 7.75 Å². The molecule has 0 radical (unpaired) electrons. The lowest BCUT2D eigenvalue weighted by molar-refractivity contribution is -0.173. The first-order chi connectivity index (χ1) is 25.6. The molecule has 3 heterocycles. The Bertz CT molecular complexity index is 1880. The molecule has 1 saturated heterocycles. The summed E-state index contributed by atoms with van der Waals surface area (Å²) in [6, 6.07) is 14.0. The van der Waals surface area contributed by atoms with Crippen LogP contribution in [-0.2, 0) is 42.4 Å². The van der Waals surface area contributed by atoms with Gasteiger partial charge in [0.2, 0.25) is 5.60 Å². The van der Waals surface area contributed by atoms with E-state index in [2.05, 4.69) is 16.3 Å². The number of carbonyl (C=O) groups is 3. The summed E-state index contributed by atoms with van der Waals surface area (Å²) in [5, 5.41) is 17.9. The van der Waals surface area contributed by atoms with E-state index >= 15 is 0 Å². The van der Waals surface area contributed by atoms with Crippen molar-refractivity contribution < 1.29 is 46.9 Å². The molecular formula is C37H49N6O10P. The predicted molar refractivity (Wildman–Crippen MR) is 195 cm³/mol. The molecule has 17 heteroatoms. The molecule has 6 atom stereocenters. The topological polar surface area (TPSA) is 229 Å². The Kier molecular flexibility index (Phi) is 13.0. The summed E-state index contributed by atoms with van der Waals surface area (Å²) in [5.74, 6) is -3.09. The van der Waals surface area contributed by atoms with E-state index in [1.807, 2.05) is 0 Å². The van der Waals surface area contributed by atoms with Gasteiger partial charge in [-0.15, -0.1) is 0 Å². The molecule has 2 fully saturated rings. The third kappa shape index (κ3) is 9.40. The number of nitrogens with one attached hydrogen (secondary N) is 1. The van der Waals surface area contributed by atoms with Crippen molar-refractivity contribution in [2.75, 3.05) is 18.9 Å². The van der Waals surface area contributed by atoms with Gasteiger partial charge >= 0.3 is 25.7 Å². The molecule has 1 saturated carbocycles. The van der Waals surface area contributed by atoms with Gasteiger partial charge in [0, 0.05) is 12.2 Å². The Morgan fingerprint density at radius 1 is 1.00 bits per heavy atom. The maximum atomic E-state index is 14.6. The highest BCUT2D eigenvalue weighted by Gasteiger charge is 2.62. The van der Waals surface area contributed by atoms with Crippen LogP contribution in [0.3, 0.4) is 0 Å². The molecule has 3 aromatic rings. The molecular weight excluding hydrogens is 719 g/mol. The first-order valence-corrected chi connectivity index (χ1v) is 19.6. The van der Waals surface area contributed by atoms with E-state index in [9.17, 15) is 24.2 Å². The summed E-state index contributed by atoms with van der Waals surface area (Å²) >= 11 is 0. The molecule has 0 bridgehead atoms. The summed E-state index contributed by atoms with van der Waals surface area (Å²) in [4.78, 5) is 39.6. The van der Waals surface area contributed by atoms with Gasteiger partial charge in [0.05, 0.1) is 35.3 Å². The highest BCUT2D eigenvalue weighted by atomic mass is 31.2.